The molecule has 62 valence electrons. The summed E-state index contributed by atoms with van der Waals surface area (Å²) >= 11 is 0. The normalized spacial score (nSPS) is 38.1. The Morgan fingerprint density at radius 3 is 3.09 bits per heavy atom. The summed E-state index contributed by atoms with van der Waals surface area (Å²) < 4.78 is 0. The maximum absolute atomic E-state index is 11.1. The van der Waals surface area contributed by atoms with Gasteiger partial charge in [0.1, 0.15) is 5.78 Å². The largest absolute Gasteiger partial charge is 0.394 e. The molecule has 0 radical (unpaired) electrons. The Balaban J connectivity index is 2.21. The fraction of sp³-hybridized carbons (Fsp3) is 0.875. The zero-order valence-corrected chi connectivity index (χ0v) is 6.55. The topological polar surface area (TPSA) is 40.5 Å². The molecular weight excluding hydrogens is 142 g/mol. The van der Waals surface area contributed by atoms with E-state index >= 15 is 0 Å². The summed E-state index contributed by atoms with van der Waals surface area (Å²) in [5.74, 6) is 0.291. The van der Waals surface area contributed by atoms with Gasteiger partial charge in [0.05, 0.1) is 18.7 Å². The van der Waals surface area contributed by atoms with Gasteiger partial charge in [0, 0.05) is 6.42 Å². The van der Waals surface area contributed by atoms with Crippen molar-refractivity contribution in [3.05, 3.63) is 0 Å². The second kappa shape index (κ2) is 2.29. The lowest BCUT2D eigenvalue weighted by Crippen LogP contribution is -2.41. The van der Waals surface area contributed by atoms with E-state index in [2.05, 4.69) is 4.90 Å². The first-order valence-electron chi connectivity index (χ1n) is 4.14. The van der Waals surface area contributed by atoms with E-state index in [-0.39, 0.29) is 12.1 Å². The van der Waals surface area contributed by atoms with E-state index in [0.717, 1.165) is 19.4 Å². The number of aliphatic hydroxyl groups is 1. The van der Waals surface area contributed by atoms with Crippen LogP contribution in [-0.4, -0.2) is 41.0 Å². The van der Waals surface area contributed by atoms with Gasteiger partial charge in [-0.05, 0) is 19.4 Å². The summed E-state index contributed by atoms with van der Waals surface area (Å²) in [5.41, 5.74) is -0.142. The molecule has 0 aromatic heterocycles. The van der Waals surface area contributed by atoms with Gasteiger partial charge in [0.25, 0.3) is 0 Å². The molecule has 0 aromatic rings. The van der Waals surface area contributed by atoms with Crippen LogP contribution in [0.5, 0.6) is 0 Å². The van der Waals surface area contributed by atoms with Crippen LogP contribution < -0.4 is 0 Å². The summed E-state index contributed by atoms with van der Waals surface area (Å²) in [6.45, 7) is 1.71. The van der Waals surface area contributed by atoms with E-state index in [1.807, 2.05) is 0 Å². The molecule has 1 N–H and O–H groups in total. The highest BCUT2D eigenvalue weighted by Crippen LogP contribution is 2.36. The van der Waals surface area contributed by atoms with Crippen LogP contribution in [0.2, 0.25) is 0 Å². The minimum atomic E-state index is -0.142. The number of hydrogen-bond donors (Lipinski definition) is 1. The maximum atomic E-state index is 11.1. The number of nitrogens with zero attached hydrogens (tertiary/aromatic N) is 1. The lowest BCUT2D eigenvalue weighted by atomic mass is 9.95. The van der Waals surface area contributed by atoms with E-state index in [0.29, 0.717) is 18.7 Å². The van der Waals surface area contributed by atoms with E-state index in [9.17, 15) is 4.79 Å². The number of aliphatic hydroxyl groups excluding tert-OH is 1. The first kappa shape index (κ1) is 7.25. The molecule has 0 aliphatic carbocycles. The molecule has 0 amide bonds. The summed E-state index contributed by atoms with van der Waals surface area (Å²) in [5, 5.41) is 9.15. The molecule has 2 rings (SSSR count). The molecule has 3 nitrogen and oxygen atoms in total. The Morgan fingerprint density at radius 1 is 1.64 bits per heavy atom. The van der Waals surface area contributed by atoms with E-state index < -0.39 is 0 Å². The fourth-order valence-electron chi connectivity index (χ4n) is 2.31. The van der Waals surface area contributed by atoms with E-state index in [1.165, 1.54) is 0 Å². The Kier molecular flexibility index (Phi) is 1.51. The molecule has 0 unspecified atom stereocenters. The molecule has 0 bridgehead atoms. The molecule has 1 atom stereocenters. The van der Waals surface area contributed by atoms with Gasteiger partial charge >= 0.3 is 0 Å². The number of rotatable bonds is 1. The van der Waals surface area contributed by atoms with Crippen LogP contribution >= 0.6 is 0 Å². The Bertz CT molecular complexity index is 193. The molecule has 2 fully saturated rings. The van der Waals surface area contributed by atoms with Crippen LogP contribution in [-0.2, 0) is 4.79 Å². The van der Waals surface area contributed by atoms with Crippen LogP contribution in [0, 0.1) is 0 Å². The molecule has 2 heterocycles. The molecule has 2 saturated heterocycles. The van der Waals surface area contributed by atoms with Crippen molar-refractivity contribution in [2.45, 2.75) is 24.8 Å². The molecule has 0 saturated carbocycles. The fourth-order valence-corrected chi connectivity index (χ4v) is 2.31. The van der Waals surface area contributed by atoms with Gasteiger partial charge in [-0.1, -0.05) is 0 Å². The van der Waals surface area contributed by atoms with E-state index in [4.69, 9.17) is 5.11 Å². The van der Waals surface area contributed by atoms with Gasteiger partial charge in [-0.3, -0.25) is 9.69 Å². The quantitative estimate of drug-likeness (QED) is 0.569. The minimum absolute atomic E-state index is 0.142. The third-order valence-electron chi connectivity index (χ3n) is 2.93. The first-order valence-corrected chi connectivity index (χ1v) is 4.14. The molecule has 2 aliphatic rings. The standard InChI is InChI=1S/C8H13NO2/c10-6-8-2-1-3-9(8)5-7(11)4-8/h10H,1-6H2/t8-/m0/s1. The van der Waals surface area contributed by atoms with Crippen molar-refractivity contribution in [2.75, 3.05) is 19.7 Å². The van der Waals surface area contributed by atoms with E-state index in [1.54, 1.807) is 0 Å². The maximum Gasteiger partial charge on any atom is 0.148 e. The van der Waals surface area contributed by atoms with Gasteiger partial charge in [0.15, 0.2) is 0 Å². The van der Waals surface area contributed by atoms with Gasteiger partial charge < -0.3 is 5.11 Å². The number of carbonyl (C=O) groups excluding carboxylic acids is 1. The summed E-state index contributed by atoms with van der Waals surface area (Å²) in [7, 11) is 0. The predicted molar refractivity (Wildman–Crippen MR) is 40.2 cm³/mol. The zero-order valence-electron chi connectivity index (χ0n) is 6.55. The average Bonchev–Trinajstić information content (AvgIpc) is 2.43. The van der Waals surface area contributed by atoms with Crippen molar-refractivity contribution in [3.63, 3.8) is 0 Å². The van der Waals surface area contributed by atoms with Crippen molar-refractivity contribution in [2.24, 2.45) is 0 Å². The summed E-state index contributed by atoms with van der Waals surface area (Å²) in [4.78, 5) is 13.2. The number of ketones is 1. The van der Waals surface area contributed by atoms with Crippen LogP contribution in [0.1, 0.15) is 19.3 Å². The zero-order chi connectivity index (χ0) is 7.90. The number of hydrogen-bond acceptors (Lipinski definition) is 3. The smallest absolute Gasteiger partial charge is 0.148 e. The SMILES string of the molecule is O=C1CN2CCC[C@@]2(CO)C1. The molecule has 3 heteroatoms. The third-order valence-corrected chi connectivity index (χ3v) is 2.93. The average molecular weight is 155 g/mol. The molecule has 0 aromatic carbocycles. The van der Waals surface area contributed by atoms with Crippen LogP contribution in [0.3, 0.4) is 0 Å². The van der Waals surface area contributed by atoms with Gasteiger partial charge in [-0.25, -0.2) is 0 Å². The lowest BCUT2D eigenvalue weighted by molar-refractivity contribution is -0.117. The number of Topliss-reactive ketones (excluding diaryl/α,β-unsaturated/α-hetero) is 1. The predicted octanol–water partition coefficient (Wildman–Crippen LogP) is -0.214. The monoisotopic (exact) mass is 155 g/mol. The molecule has 11 heavy (non-hydrogen) atoms. The second-order valence-corrected chi connectivity index (χ2v) is 3.62. The van der Waals surface area contributed by atoms with Crippen molar-refractivity contribution in [1.29, 1.82) is 0 Å². The Morgan fingerprint density at radius 2 is 2.45 bits per heavy atom. The van der Waals surface area contributed by atoms with Crippen molar-refractivity contribution in [3.8, 4) is 0 Å². The Labute approximate surface area is 66.0 Å². The molecular formula is C8H13NO2. The van der Waals surface area contributed by atoms with Gasteiger partial charge in [-0.2, -0.15) is 0 Å². The first-order chi connectivity index (χ1) is 5.27. The van der Waals surface area contributed by atoms with Crippen LogP contribution in [0.15, 0.2) is 0 Å². The molecule has 2 aliphatic heterocycles. The highest BCUT2D eigenvalue weighted by atomic mass is 16.3. The number of fused-ring (bicyclic) bond motifs is 1. The van der Waals surface area contributed by atoms with Gasteiger partial charge in [0.2, 0.25) is 0 Å². The third kappa shape index (κ3) is 0.914. The summed E-state index contributed by atoms with van der Waals surface area (Å²) in [6.07, 6.45) is 2.70. The highest BCUT2D eigenvalue weighted by molar-refractivity contribution is 5.84. The Hall–Kier alpha value is -0.410. The summed E-state index contributed by atoms with van der Waals surface area (Å²) in [6, 6.07) is 0. The van der Waals surface area contributed by atoms with Crippen LogP contribution in [0.4, 0.5) is 0 Å². The highest BCUT2D eigenvalue weighted by Gasteiger charge is 2.47. The number of carbonyl (C=O) groups is 1. The minimum Gasteiger partial charge on any atom is -0.394 e. The second-order valence-electron chi connectivity index (χ2n) is 3.62. The van der Waals surface area contributed by atoms with Crippen molar-refractivity contribution >= 4 is 5.78 Å². The molecule has 0 spiro atoms. The lowest BCUT2D eigenvalue weighted by Gasteiger charge is -2.28. The van der Waals surface area contributed by atoms with Crippen LogP contribution in [0.25, 0.3) is 0 Å². The van der Waals surface area contributed by atoms with Crippen molar-refractivity contribution < 1.29 is 9.90 Å². The van der Waals surface area contributed by atoms with Crippen molar-refractivity contribution in [1.82, 2.24) is 4.90 Å². The van der Waals surface area contributed by atoms with Gasteiger partial charge in [-0.15, -0.1) is 0 Å².